The molecular weight excluding hydrogens is 202 g/mol. The lowest BCUT2D eigenvalue weighted by Gasteiger charge is -2.10. The number of rotatable bonds is 3. The van der Waals surface area contributed by atoms with Crippen molar-refractivity contribution in [3.8, 4) is 0 Å². The molecule has 0 radical (unpaired) electrons. The molecule has 0 spiro atoms. The summed E-state index contributed by atoms with van der Waals surface area (Å²) in [4.78, 5) is 0.613. The maximum absolute atomic E-state index is 12.6. The highest BCUT2D eigenvalue weighted by Gasteiger charge is 2.22. The summed E-state index contributed by atoms with van der Waals surface area (Å²) in [5.74, 6) is 0.441. The molecule has 14 heavy (non-hydrogen) atoms. The highest BCUT2D eigenvalue weighted by Crippen LogP contribution is 2.35. The van der Waals surface area contributed by atoms with Gasteiger partial charge < -0.3 is 0 Å². The Morgan fingerprint density at radius 1 is 1.14 bits per heavy atom. The third-order valence-electron chi connectivity index (χ3n) is 1.84. The highest BCUT2D eigenvalue weighted by atomic mass is 32.2. The minimum atomic E-state index is -2.70. The van der Waals surface area contributed by atoms with E-state index in [4.69, 9.17) is 0 Å². The molecule has 78 valence electrons. The molecule has 0 amide bonds. The van der Waals surface area contributed by atoms with Gasteiger partial charge in [0.25, 0.3) is 5.25 Å². The average Bonchev–Trinajstić information content (AvgIpc) is 2.02. The topological polar surface area (TPSA) is 0 Å². The van der Waals surface area contributed by atoms with Gasteiger partial charge in [0.05, 0.1) is 0 Å². The Morgan fingerprint density at radius 3 is 2.00 bits per heavy atom. The number of alkyl halides is 2. The van der Waals surface area contributed by atoms with E-state index in [1.165, 1.54) is 5.56 Å². The summed E-state index contributed by atoms with van der Waals surface area (Å²) in [6, 6.07) is 7.30. The van der Waals surface area contributed by atoms with Crippen LogP contribution in [0.4, 0.5) is 8.78 Å². The van der Waals surface area contributed by atoms with Crippen LogP contribution in [0.2, 0.25) is 0 Å². The van der Waals surface area contributed by atoms with Crippen molar-refractivity contribution in [2.45, 2.75) is 36.8 Å². The number of thioether (sulfide) groups is 1. The molecule has 0 nitrogen and oxygen atoms in total. The van der Waals surface area contributed by atoms with Crippen molar-refractivity contribution in [1.82, 2.24) is 0 Å². The van der Waals surface area contributed by atoms with E-state index in [0.29, 0.717) is 22.6 Å². The van der Waals surface area contributed by atoms with Crippen LogP contribution in [-0.4, -0.2) is 5.25 Å². The van der Waals surface area contributed by atoms with Crippen LogP contribution in [0.15, 0.2) is 29.2 Å². The Hall–Kier alpha value is -0.570. The summed E-state index contributed by atoms with van der Waals surface area (Å²) in [7, 11) is 0. The van der Waals surface area contributed by atoms with E-state index in [2.05, 4.69) is 13.8 Å². The SMILES string of the molecule is CC(C)c1ccc(SC(C)(F)F)cc1. The molecule has 0 aliphatic heterocycles. The standard InChI is InChI=1S/C11H14F2S/c1-8(2)9-4-6-10(7-5-9)14-11(3,12)13/h4-8H,1-3H3. The first-order chi connectivity index (χ1) is 6.38. The molecule has 0 aromatic heterocycles. The molecule has 1 rings (SSSR count). The molecule has 0 aliphatic rings. The zero-order valence-corrected chi connectivity index (χ0v) is 9.37. The number of halogens is 2. The summed E-state index contributed by atoms with van der Waals surface area (Å²) in [6.45, 7) is 5.07. The number of hydrogen-bond donors (Lipinski definition) is 0. The fraction of sp³-hybridized carbons (Fsp3) is 0.455. The molecule has 0 unspecified atom stereocenters. The molecule has 3 heteroatoms. The first kappa shape index (κ1) is 11.5. The van der Waals surface area contributed by atoms with Gasteiger partial charge >= 0.3 is 0 Å². The maximum atomic E-state index is 12.6. The minimum Gasteiger partial charge on any atom is -0.194 e. The summed E-state index contributed by atoms with van der Waals surface area (Å²) in [5.41, 5.74) is 1.17. The Kier molecular flexibility index (Phi) is 3.53. The number of benzene rings is 1. The van der Waals surface area contributed by atoms with Crippen LogP contribution in [0.25, 0.3) is 0 Å². The van der Waals surface area contributed by atoms with E-state index in [1.807, 2.05) is 12.1 Å². The van der Waals surface area contributed by atoms with Crippen LogP contribution < -0.4 is 0 Å². The smallest absolute Gasteiger partial charge is 0.194 e. The van der Waals surface area contributed by atoms with E-state index in [1.54, 1.807) is 12.1 Å². The molecule has 0 atom stereocenters. The third-order valence-corrected chi connectivity index (χ3v) is 2.71. The van der Waals surface area contributed by atoms with Crippen LogP contribution in [0.1, 0.15) is 32.3 Å². The fourth-order valence-electron chi connectivity index (χ4n) is 1.13. The lowest BCUT2D eigenvalue weighted by atomic mass is 10.0. The highest BCUT2D eigenvalue weighted by molar-refractivity contribution is 8.00. The van der Waals surface area contributed by atoms with Gasteiger partial charge in [0.15, 0.2) is 0 Å². The van der Waals surface area contributed by atoms with Gasteiger partial charge in [-0.2, -0.15) is 8.78 Å². The Morgan fingerprint density at radius 2 is 1.64 bits per heavy atom. The Balaban J connectivity index is 2.74. The van der Waals surface area contributed by atoms with E-state index >= 15 is 0 Å². The molecule has 0 N–H and O–H groups in total. The van der Waals surface area contributed by atoms with Gasteiger partial charge in [-0.25, -0.2) is 0 Å². The Labute approximate surface area is 87.7 Å². The van der Waals surface area contributed by atoms with Crippen LogP contribution in [0.3, 0.4) is 0 Å². The summed E-state index contributed by atoms with van der Waals surface area (Å²) >= 11 is 0.588. The zero-order chi connectivity index (χ0) is 10.8. The predicted molar refractivity (Wildman–Crippen MR) is 57.0 cm³/mol. The zero-order valence-electron chi connectivity index (χ0n) is 8.55. The predicted octanol–water partition coefficient (Wildman–Crippen LogP) is 4.51. The van der Waals surface area contributed by atoms with E-state index in [0.717, 1.165) is 6.92 Å². The lowest BCUT2D eigenvalue weighted by Crippen LogP contribution is -2.01. The maximum Gasteiger partial charge on any atom is 0.295 e. The van der Waals surface area contributed by atoms with Gasteiger partial charge in [-0.05, 0) is 23.6 Å². The van der Waals surface area contributed by atoms with Crippen molar-refractivity contribution in [2.24, 2.45) is 0 Å². The normalized spacial score (nSPS) is 12.1. The summed E-state index contributed by atoms with van der Waals surface area (Å²) in [6.07, 6.45) is 0. The number of hydrogen-bond acceptors (Lipinski definition) is 1. The van der Waals surface area contributed by atoms with E-state index in [9.17, 15) is 8.78 Å². The average molecular weight is 216 g/mol. The molecule has 0 bridgehead atoms. The van der Waals surface area contributed by atoms with Gasteiger partial charge in [-0.1, -0.05) is 37.7 Å². The van der Waals surface area contributed by atoms with Gasteiger partial charge in [-0.15, -0.1) is 0 Å². The quantitative estimate of drug-likeness (QED) is 0.670. The van der Waals surface area contributed by atoms with Gasteiger partial charge in [-0.3, -0.25) is 0 Å². The van der Waals surface area contributed by atoms with Crippen LogP contribution in [0, 0.1) is 0 Å². The Bertz CT molecular complexity index is 285. The second kappa shape index (κ2) is 4.30. The first-order valence-corrected chi connectivity index (χ1v) is 5.37. The molecule has 0 saturated carbocycles. The van der Waals surface area contributed by atoms with Crippen molar-refractivity contribution in [1.29, 1.82) is 0 Å². The third kappa shape index (κ3) is 3.66. The van der Waals surface area contributed by atoms with Gasteiger partial charge in [0.1, 0.15) is 0 Å². The van der Waals surface area contributed by atoms with Gasteiger partial charge in [0, 0.05) is 11.8 Å². The lowest BCUT2D eigenvalue weighted by molar-refractivity contribution is 0.129. The fourth-order valence-corrected chi connectivity index (χ4v) is 1.81. The van der Waals surface area contributed by atoms with Crippen molar-refractivity contribution >= 4 is 11.8 Å². The van der Waals surface area contributed by atoms with Crippen LogP contribution in [0.5, 0.6) is 0 Å². The molecule has 0 heterocycles. The molecule has 0 saturated heterocycles. The van der Waals surface area contributed by atoms with Crippen molar-refractivity contribution in [3.63, 3.8) is 0 Å². The molecule has 0 aliphatic carbocycles. The van der Waals surface area contributed by atoms with Crippen molar-refractivity contribution in [3.05, 3.63) is 29.8 Å². The van der Waals surface area contributed by atoms with E-state index in [-0.39, 0.29) is 0 Å². The minimum absolute atomic E-state index is 0.441. The van der Waals surface area contributed by atoms with Crippen molar-refractivity contribution in [2.75, 3.05) is 0 Å². The van der Waals surface area contributed by atoms with Crippen LogP contribution in [-0.2, 0) is 0 Å². The molecule has 0 fully saturated rings. The largest absolute Gasteiger partial charge is 0.295 e. The monoisotopic (exact) mass is 216 g/mol. The first-order valence-electron chi connectivity index (χ1n) is 4.55. The van der Waals surface area contributed by atoms with E-state index < -0.39 is 5.25 Å². The van der Waals surface area contributed by atoms with Crippen LogP contribution >= 0.6 is 11.8 Å². The summed E-state index contributed by atoms with van der Waals surface area (Å²) in [5, 5.41) is -2.70. The molecule has 1 aromatic rings. The van der Waals surface area contributed by atoms with Gasteiger partial charge in [0.2, 0.25) is 0 Å². The second-order valence-electron chi connectivity index (χ2n) is 3.63. The van der Waals surface area contributed by atoms with Crippen molar-refractivity contribution < 1.29 is 8.78 Å². The second-order valence-corrected chi connectivity index (χ2v) is 5.03. The molecule has 1 aromatic carbocycles. The molecular formula is C11H14F2S. The summed E-state index contributed by atoms with van der Waals surface area (Å²) < 4.78 is 25.3.